The van der Waals surface area contributed by atoms with Gasteiger partial charge < -0.3 is 25.7 Å². The number of nitrogens with zero attached hydrogens (tertiary/aromatic N) is 5. The number of halogens is 1. The van der Waals surface area contributed by atoms with Gasteiger partial charge in [-0.05, 0) is 43.7 Å². The van der Waals surface area contributed by atoms with Crippen molar-refractivity contribution in [3.63, 3.8) is 0 Å². The molecule has 4 rings (SSSR count). The lowest BCUT2D eigenvalue weighted by molar-refractivity contribution is 0.0995. The van der Waals surface area contributed by atoms with Crippen LogP contribution in [0.2, 0.25) is 0 Å². The SMILES string of the molecule is COc1c(Nc2cc(Nc3ccc(F)cn3)nnc2C(N)=O)cccc1-c1cc(P(C)(C)=O)n(C)n1. The Morgan fingerprint density at radius 2 is 1.86 bits per heavy atom. The number of nitrogens with two attached hydrogens (primary N) is 1. The van der Waals surface area contributed by atoms with Gasteiger partial charge in [0.05, 0.1) is 35.8 Å². The van der Waals surface area contributed by atoms with Crippen LogP contribution in [0.15, 0.2) is 48.7 Å². The van der Waals surface area contributed by atoms with Crippen molar-refractivity contribution >= 4 is 41.5 Å². The second-order valence-corrected chi connectivity index (χ2v) is 11.4. The molecule has 186 valence electrons. The zero-order chi connectivity index (χ0) is 26.0. The van der Waals surface area contributed by atoms with Crippen LogP contribution in [0.25, 0.3) is 11.3 Å². The molecular weight excluding hydrogens is 486 g/mol. The third kappa shape index (κ3) is 5.18. The highest BCUT2D eigenvalue weighted by Crippen LogP contribution is 2.40. The Hall–Kier alpha value is -4.31. The molecule has 0 bridgehead atoms. The number of hydrogen-bond acceptors (Lipinski definition) is 9. The van der Waals surface area contributed by atoms with E-state index in [4.69, 9.17) is 10.5 Å². The average Bonchev–Trinajstić information content (AvgIpc) is 3.22. The fourth-order valence-corrected chi connectivity index (χ4v) is 4.78. The monoisotopic (exact) mass is 510 g/mol. The normalized spacial score (nSPS) is 11.2. The number of rotatable bonds is 8. The molecule has 1 amide bonds. The van der Waals surface area contributed by atoms with Gasteiger partial charge in [0.25, 0.3) is 5.91 Å². The summed E-state index contributed by atoms with van der Waals surface area (Å²) in [5.74, 6) is -0.259. The molecule has 0 aliphatic heterocycles. The summed E-state index contributed by atoms with van der Waals surface area (Å²) in [6, 6.07) is 11.3. The van der Waals surface area contributed by atoms with Gasteiger partial charge in [-0.25, -0.2) is 9.37 Å². The Morgan fingerprint density at radius 3 is 2.47 bits per heavy atom. The van der Waals surface area contributed by atoms with Crippen LogP contribution in [0.1, 0.15) is 10.5 Å². The lowest BCUT2D eigenvalue weighted by atomic mass is 10.1. The van der Waals surface area contributed by atoms with Crippen LogP contribution in [0, 0.1) is 5.82 Å². The molecule has 4 N–H and O–H groups in total. The molecule has 0 saturated heterocycles. The number of carbonyl (C=O) groups excluding carboxylic acids is 1. The molecule has 0 radical (unpaired) electrons. The number of aromatic nitrogens is 5. The molecule has 1 aromatic carbocycles. The van der Waals surface area contributed by atoms with Crippen molar-refractivity contribution in [2.24, 2.45) is 12.8 Å². The minimum Gasteiger partial charge on any atom is -0.494 e. The quantitative estimate of drug-likeness (QED) is 0.304. The minimum atomic E-state index is -2.56. The van der Waals surface area contributed by atoms with Crippen LogP contribution < -0.4 is 26.5 Å². The summed E-state index contributed by atoms with van der Waals surface area (Å²) in [6.45, 7) is 3.36. The molecule has 36 heavy (non-hydrogen) atoms. The molecule has 0 aliphatic carbocycles. The standard InChI is InChI=1S/C23H24FN8O3P/c1-32-20(36(3,4)34)11-16(31-32)14-6-5-7-15(22(14)35-2)27-17-10-19(29-30-21(17)23(25)33)28-18-9-8-13(24)12-26-18/h5-12H,1-4H3,(H2,25,33)(H2,26,27,28,29). The molecule has 11 nitrogen and oxygen atoms in total. The van der Waals surface area contributed by atoms with Crippen molar-refractivity contribution in [1.82, 2.24) is 25.0 Å². The molecule has 0 fully saturated rings. The number of benzene rings is 1. The fraction of sp³-hybridized carbons (Fsp3) is 0.174. The van der Waals surface area contributed by atoms with E-state index in [1.54, 1.807) is 43.3 Å². The first-order valence-corrected chi connectivity index (χ1v) is 13.3. The van der Waals surface area contributed by atoms with Crippen LogP contribution in [0.3, 0.4) is 0 Å². The van der Waals surface area contributed by atoms with Gasteiger partial charge in [-0.2, -0.15) is 5.10 Å². The first-order valence-electron chi connectivity index (χ1n) is 10.7. The number of para-hydroxylation sites is 1. The van der Waals surface area contributed by atoms with E-state index in [0.29, 0.717) is 33.9 Å². The summed E-state index contributed by atoms with van der Waals surface area (Å²) < 4.78 is 33.1. The summed E-state index contributed by atoms with van der Waals surface area (Å²) >= 11 is 0. The smallest absolute Gasteiger partial charge is 0.271 e. The fourth-order valence-electron chi connectivity index (χ4n) is 3.61. The first kappa shape index (κ1) is 24.8. The van der Waals surface area contributed by atoms with Crippen LogP contribution in [-0.4, -0.2) is 51.3 Å². The van der Waals surface area contributed by atoms with Crippen LogP contribution >= 0.6 is 7.14 Å². The summed E-state index contributed by atoms with van der Waals surface area (Å²) in [5.41, 5.74) is 8.01. The van der Waals surface area contributed by atoms with Gasteiger partial charge in [-0.3, -0.25) is 9.48 Å². The second kappa shape index (κ2) is 9.74. The van der Waals surface area contributed by atoms with Crippen molar-refractivity contribution in [3.05, 3.63) is 60.2 Å². The lowest BCUT2D eigenvalue weighted by Gasteiger charge is -2.16. The molecule has 0 atom stereocenters. The van der Waals surface area contributed by atoms with Crippen molar-refractivity contribution in [3.8, 4) is 17.0 Å². The van der Waals surface area contributed by atoms with Crippen molar-refractivity contribution in [2.75, 3.05) is 31.1 Å². The van der Waals surface area contributed by atoms with E-state index in [2.05, 4.69) is 30.9 Å². The number of hydrogen-bond donors (Lipinski definition) is 3. The van der Waals surface area contributed by atoms with Crippen molar-refractivity contribution in [2.45, 2.75) is 0 Å². The second-order valence-electron chi connectivity index (χ2n) is 8.22. The van der Waals surface area contributed by atoms with E-state index < -0.39 is 18.9 Å². The van der Waals surface area contributed by atoms with Gasteiger partial charge in [0.15, 0.2) is 17.3 Å². The third-order valence-corrected chi connectivity index (χ3v) is 6.70. The number of amides is 1. The summed E-state index contributed by atoms with van der Waals surface area (Å²) in [6.07, 6.45) is 1.06. The van der Waals surface area contributed by atoms with Crippen LogP contribution in [0.4, 0.5) is 27.4 Å². The summed E-state index contributed by atoms with van der Waals surface area (Å²) in [7, 11) is 0.685. The third-order valence-electron chi connectivity index (χ3n) is 5.18. The highest BCUT2D eigenvalue weighted by atomic mass is 31.2. The van der Waals surface area contributed by atoms with Gasteiger partial charge in [-0.15, -0.1) is 10.2 Å². The van der Waals surface area contributed by atoms with E-state index in [1.165, 1.54) is 25.3 Å². The number of anilines is 4. The Balaban J connectivity index is 1.73. The van der Waals surface area contributed by atoms with Crippen molar-refractivity contribution < 1.29 is 18.5 Å². The number of ether oxygens (including phenoxy) is 1. The zero-order valence-corrected chi connectivity index (χ0v) is 20.9. The van der Waals surface area contributed by atoms with E-state index in [0.717, 1.165) is 6.20 Å². The van der Waals surface area contributed by atoms with Gasteiger partial charge >= 0.3 is 0 Å². The Morgan fingerprint density at radius 1 is 1.08 bits per heavy atom. The molecule has 0 spiro atoms. The Labute approximate surface area is 206 Å². The maximum absolute atomic E-state index is 13.2. The van der Waals surface area contributed by atoms with Crippen LogP contribution in [0.5, 0.6) is 5.75 Å². The van der Waals surface area contributed by atoms with Crippen LogP contribution in [-0.2, 0) is 11.6 Å². The van der Waals surface area contributed by atoms with Gasteiger partial charge in [0, 0.05) is 18.7 Å². The first-order chi connectivity index (χ1) is 17.1. The van der Waals surface area contributed by atoms with Gasteiger partial charge in [-0.1, -0.05) is 6.07 Å². The summed E-state index contributed by atoms with van der Waals surface area (Å²) in [4.78, 5) is 16.0. The van der Waals surface area contributed by atoms with E-state index >= 15 is 0 Å². The van der Waals surface area contributed by atoms with Gasteiger partial charge in [0.1, 0.15) is 18.8 Å². The predicted octanol–water partition coefficient (Wildman–Crippen LogP) is 3.25. The molecule has 0 saturated carbocycles. The molecule has 13 heteroatoms. The minimum absolute atomic E-state index is 0.0990. The number of primary amides is 1. The van der Waals surface area contributed by atoms with E-state index in [1.807, 2.05) is 6.07 Å². The molecular formula is C23H24FN8O3P. The predicted molar refractivity (Wildman–Crippen MR) is 136 cm³/mol. The average molecular weight is 510 g/mol. The van der Waals surface area contributed by atoms with Crippen molar-refractivity contribution in [1.29, 1.82) is 0 Å². The number of nitrogens with one attached hydrogen (secondary N) is 2. The number of pyridine rings is 1. The molecule has 3 aromatic heterocycles. The topological polar surface area (TPSA) is 150 Å². The van der Waals surface area contributed by atoms with Gasteiger partial charge in [0.2, 0.25) is 0 Å². The summed E-state index contributed by atoms with van der Waals surface area (Å²) in [5, 5.41) is 18.4. The van der Waals surface area contributed by atoms with E-state index in [9.17, 15) is 13.8 Å². The highest BCUT2D eigenvalue weighted by Gasteiger charge is 2.22. The molecule has 4 aromatic rings. The molecule has 0 aliphatic rings. The zero-order valence-electron chi connectivity index (χ0n) is 20.0. The maximum atomic E-state index is 13.2. The largest absolute Gasteiger partial charge is 0.494 e. The van der Waals surface area contributed by atoms with E-state index in [-0.39, 0.29) is 17.2 Å². The number of methoxy groups -OCH3 is 1. The Kier molecular flexibility index (Phi) is 6.71. The number of carbonyl (C=O) groups is 1. The molecule has 0 unspecified atom stereocenters. The Bertz CT molecular complexity index is 1480. The lowest BCUT2D eigenvalue weighted by Crippen LogP contribution is -2.17. The highest BCUT2D eigenvalue weighted by molar-refractivity contribution is 7.69. The maximum Gasteiger partial charge on any atom is 0.271 e. The molecule has 3 heterocycles. The number of aryl methyl sites for hydroxylation is 1.